The minimum absolute atomic E-state index is 0.142. The summed E-state index contributed by atoms with van der Waals surface area (Å²) in [7, 11) is 3.06. The molecule has 0 saturated carbocycles. The largest absolute Gasteiger partial charge is 0.497 e. The SMILES string of the molecule is COc1ccc(OC)c(/C=C/C(=O)Nc2ccc(C)cc2[N+](=O)[O-])c1. The van der Waals surface area contributed by atoms with E-state index < -0.39 is 10.8 Å². The van der Waals surface area contributed by atoms with Crippen molar-refractivity contribution in [1.82, 2.24) is 0 Å². The first-order valence-corrected chi connectivity index (χ1v) is 7.40. The van der Waals surface area contributed by atoms with Crippen LogP contribution in [-0.4, -0.2) is 25.1 Å². The lowest BCUT2D eigenvalue weighted by atomic mass is 10.1. The number of methoxy groups -OCH3 is 2. The predicted molar refractivity (Wildman–Crippen MR) is 95.0 cm³/mol. The molecule has 7 heteroatoms. The quantitative estimate of drug-likeness (QED) is 0.492. The van der Waals surface area contributed by atoms with Crippen molar-refractivity contribution in [3.05, 3.63) is 63.7 Å². The van der Waals surface area contributed by atoms with Crippen molar-refractivity contribution in [2.75, 3.05) is 19.5 Å². The third-order valence-corrected chi connectivity index (χ3v) is 3.46. The van der Waals surface area contributed by atoms with Gasteiger partial charge in [-0.3, -0.25) is 14.9 Å². The van der Waals surface area contributed by atoms with Gasteiger partial charge in [0, 0.05) is 17.7 Å². The Morgan fingerprint density at radius 1 is 1.16 bits per heavy atom. The van der Waals surface area contributed by atoms with Gasteiger partial charge in [-0.2, -0.15) is 0 Å². The second-order valence-electron chi connectivity index (χ2n) is 5.21. The molecule has 0 unspecified atom stereocenters. The molecular weight excluding hydrogens is 324 g/mol. The van der Waals surface area contributed by atoms with Crippen molar-refractivity contribution in [2.24, 2.45) is 0 Å². The average molecular weight is 342 g/mol. The van der Waals surface area contributed by atoms with Crippen LogP contribution >= 0.6 is 0 Å². The summed E-state index contributed by atoms with van der Waals surface area (Å²) in [4.78, 5) is 22.7. The Balaban J connectivity index is 2.21. The molecule has 7 nitrogen and oxygen atoms in total. The zero-order valence-electron chi connectivity index (χ0n) is 14.1. The van der Waals surface area contributed by atoms with Crippen LogP contribution in [0.2, 0.25) is 0 Å². The van der Waals surface area contributed by atoms with Gasteiger partial charge in [-0.15, -0.1) is 0 Å². The molecule has 2 aromatic rings. The van der Waals surface area contributed by atoms with Gasteiger partial charge in [0.25, 0.3) is 5.69 Å². The van der Waals surface area contributed by atoms with Crippen LogP contribution in [-0.2, 0) is 4.79 Å². The molecule has 0 radical (unpaired) electrons. The number of aryl methyl sites for hydroxylation is 1. The Morgan fingerprint density at radius 2 is 1.92 bits per heavy atom. The molecule has 0 aliphatic rings. The van der Waals surface area contributed by atoms with Gasteiger partial charge in [0.1, 0.15) is 17.2 Å². The van der Waals surface area contributed by atoms with Crippen LogP contribution in [0.15, 0.2) is 42.5 Å². The van der Waals surface area contributed by atoms with Gasteiger partial charge in [0.2, 0.25) is 5.91 Å². The molecule has 0 aliphatic heterocycles. The first-order valence-electron chi connectivity index (χ1n) is 7.40. The van der Waals surface area contributed by atoms with Crippen molar-refractivity contribution < 1.29 is 19.2 Å². The van der Waals surface area contributed by atoms with E-state index in [0.29, 0.717) is 17.1 Å². The highest BCUT2D eigenvalue weighted by atomic mass is 16.6. The molecule has 0 fully saturated rings. The average Bonchev–Trinajstić information content (AvgIpc) is 2.61. The number of hydrogen-bond acceptors (Lipinski definition) is 5. The Kier molecular flexibility index (Phi) is 5.73. The third kappa shape index (κ3) is 4.57. The lowest BCUT2D eigenvalue weighted by Gasteiger charge is -2.07. The van der Waals surface area contributed by atoms with Crippen LogP contribution in [0.5, 0.6) is 11.5 Å². The van der Waals surface area contributed by atoms with E-state index in [9.17, 15) is 14.9 Å². The van der Waals surface area contributed by atoms with E-state index in [4.69, 9.17) is 9.47 Å². The molecule has 2 rings (SSSR count). The van der Waals surface area contributed by atoms with Crippen molar-refractivity contribution in [2.45, 2.75) is 6.92 Å². The Morgan fingerprint density at radius 3 is 2.56 bits per heavy atom. The number of anilines is 1. The van der Waals surface area contributed by atoms with Crippen LogP contribution < -0.4 is 14.8 Å². The highest BCUT2D eigenvalue weighted by Gasteiger charge is 2.15. The molecule has 0 heterocycles. The molecule has 25 heavy (non-hydrogen) atoms. The van der Waals surface area contributed by atoms with Crippen LogP contribution in [0.4, 0.5) is 11.4 Å². The smallest absolute Gasteiger partial charge is 0.293 e. The minimum Gasteiger partial charge on any atom is -0.497 e. The molecule has 0 saturated heterocycles. The van der Waals surface area contributed by atoms with E-state index in [-0.39, 0.29) is 11.4 Å². The van der Waals surface area contributed by atoms with Gasteiger partial charge >= 0.3 is 0 Å². The maximum absolute atomic E-state index is 12.1. The first-order chi connectivity index (χ1) is 11.9. The third-order valence-electron chi connectivity index (χ3n) is 3.46. The highest BCUT2D eigenvalue weighted by molar-refractivity contribution is 6.03. The standard InChI is InChI=1S/C18H18N2O5/c1-12-4-7-15(16(10-12)20(22)23)19-18(21)9-5-13-11-14(24-2)6-8-17(13)25-3/h4-11H,1-3H3,(H,19,21)/b9-5+. The van der Waals surface area contributed by atoms with Gasteiger partial charge in [-0.05, 0) is 42.8 Å². The van der Waals surface area contributed by atoms with E-state index >= 15 is 0 Å². The maximum atomic E-state index is 12.1. The molecular formula is C18H18N2O5. The summed E-state index contributed by atoms with van der Waals surface area (Å²) in [6.07, 6.45) is 2.83. The fourth-order valence-electron chi connectivity index (χ4n) is 2.21. The first kappa shape index (κ1) is 18.0. The number of nitro benzene ring substituents is 1. The number of ether oxygens (including phenoxy) is 2. The van der Waals surface area contributed by atoms with Gasteiger partial charge in [-0.25, -0.2) is 0 Å². The Hall–Kier alpha value is -3.35. The number of carbonyl (C=O) groups excluding carboxylic acids is 1. The number of hydrogen-bond donors (Lipinski definition) is 1. The number of nitro groups is 1. The van der Waals surface area contributed by atoms with Crippen LogP contribution in [0.1, 0.15) is 11.1 Å². The highest BCUT2D eigenvalue weighted by Crippen LogP contribution is 2.26. The zero-order valence-corrected chi connectivity index (χ0v) is 14.1. The number of carbonyl (C=O) groups is 1. The topological polar surface area (TPSA) is 90.7 Å². The van der Waals surface area contributed by atoms with E-state index in [0.717, 1.165) is 5.56 Å². The number of nitrogens with one attached hydrogen (secondary N) is 1. The summed E-state index contributed by atoms with van der Waals surface area (Å²) in [5, 5.41) is 13.6. The second-order valence-corrected chi connectivity index (χ2v) is 5.21. The summed E-state index contributed by atoms with van der Waals surface area (Å²) in [6.45, 7) is 1.74. The predicted octanol–water partition coefficient (Wildman–Crippen LogP) is 3.57. The van der Waals surface area contributed by atoms with E-state index in [1.165, 1.54) is 25.3 Å². The molecule has 1 N–H and O–H groups in total. The summed E-state index contributed by atoms with van der Waals surface area (Å²) in [6, 6.07) is 9.79. The summed E-state index contributed by atoms with van der Waals surface area (Å²) in [5.74, 6) is 0.707. The second kappa shape index (κ2) is 7.96. The molecule has 130 valence electrons. The molecule has 0 aromatic heterocycles. The van der Waals surface area contributed by atoms with Gasteiger partial charge in [-0.1, -0.05) is 6.07 Å². The van der Waals surface area contributed by atoms with E-state index in [1.807, 2.05) is 0 Å². The molecule has 2 aromatic carbocycles. The Labute approximate surface area is 145 Å². The van der Waals surface area contributed by atoms with Gasteiger partial charge in [0.15, 0.2) is 0 Å². The van der Waals surface area contributed by atoms with Crippen molar-refractivity contribution >= 4 is 23.4 Å². The van der Waals surface area contributed by atoms with Crippen molar-refractivity contribution in [3.63, 3.8) is 0 Å². The summed E-state index contributed by atoms with van der Waals surface area (Å²) in [5.41, 5.74) is 1.38. The van der Waals surface area contributed by atoms with Crippen LogP contribution in [0.3, 0.4) is 0 Å². The van der Waals surface area contributed by atoms with Crippen LogP contribution in [0, 0.1) is 17.0 Å². The van der Waals surface area contributed by atoms with Crippen LogP contribution in [0.25, 0.3) is 6.08 Å². The van der Waals surface area contributed by atoms with Gasteiger partial charge in [0.05, 0.1) is 19.1 Å². The maximum Gasteiger partial charge on any atom is 0.293 e. The van der Waals surface area contributed by atoms with E-state index in [1.54, 1.807) is 44.4 Å². The summed E-state index contributed by atoms with van der Waals surface area (Å²) < 4.78 is 10.4. The number of amides is 1. The summed E-state index contributed by atoms with van der Waals surface area (Å²) >= 11 is 0. The molecule has 0 bridgehead atoms. The fourth-order valence-corrected chi connectivity index (χ4v) is 2.21. The van der Waals surface area contributed by atoms with Gasteiger partial charge < -0.3 is 14.8 Å². The molecule has 1 amide bonds. The lowest BCUT2D eigenvalue weighted by molar-refractivity contribution is -0.384. The van der Waals surface area contributed by atoms with E-state index in [2.05, 4.69) is 5.32 Å². The van der Waals surface area contributed by atoms with Crippen molar-refractivity contribution in [1.29, 1.82) is 0 Å². The lowest BCUT2D eigenvalue weighted by Crippen LogP contribution is -2.09. The minimum atomic E-state index is -0.530. The normalized spacial score (nSPS) is 10.5. The number of nitrogens with zero attached hydrogens (tertiary/aromatic N) is 1. The van der Waals surface area contributed by atoms with Crippen molar-refractivity contribution in [3.8, 4) is 11.5 Å². The molecule has 0 spiro atoms. The monoisotopic (exact) mass is 342 g/mol. The fraction of sp³-hybridized carbons (Fsp3) is 0.167. The molecule has 0 atom stereocenters. The number of benzene rings is 2. The number of rotatable bonds is 6. The zero-order chi connectivity index (χ0) is 18.4. The Bertz CT molecular complexity index is 830. The molecule has 0 aliphatic carbocycles.